The third kappa shape index (κ3) is 11.4. The normalized spacial score (nSPS) is 10.8. The molecule has 48 heavy (non-hydrogen) atoms. The monoisotopic (exact) mass is 707 g/mol. The molecule has 0 saturated carbocycles. The van der Waals surface area contributed by atoms with E-state index in [1.165, 1.54) is 26.8 Å². The van der Waals surface area contributed by atoms with Gasteiger partial charge in [-0.3, -0.25) is 9.80 Å². The molecule has 0 aromatic heterocycles. The van der Waals surface area contributed by atoms with Crippen molar-refractivity contribution >= 4 is 52.4 Å². The number of carboxylic acids is 4. The molecule has 0 aliphatic carbocycles. The van der Waals surface area contributed by atoms with Crippen LogP contribution in [0.3, 0.4) is 0 Å². The second-order valence-electron chi connectivity index (χ2n) is 10.6. The molecule has 0 bridgehead atoms. The summed E-state index contributed by atoms with van der Waals surface area (Å²) in [6.07, 6.45) is 1.03. The van der Waals surface area contributed by atoms with Gasteiger partial charge >= 0.3 is 17.4 Å². The average molecular weight is 708 g/mol. The largest absolute Gasteiger partial charge is 3.00 e. The van der Waals surface area contributed by atoms with Crippen molar-refractivity contribution in [2.24, 2.45) is 0 Å². The van der Waals surface area contributed by atoms with E-state index >= 15 is 0 Å². The summed E-state index contributed by atoms with van der Waals surface area (Å²) in [6, 6.07) is 42.2. The Bertz CT molecular complexity index is 1450. The number of nitrogens with zero attached hydrogens (tertiary/aromatic N) is 2. The van der Waals surface area contributed by atoms with Crippen molar-refractivity contribution in [1.29, 1.82) is 0 Å². The SMILES string of the molecule is CCc1ccccc1[P+](c1ccccc1)(c1ccccc1)c1ccccc1.O=C([O-])CN(CCN(CC(=O)[O-])CC(=O)[O-])CC(=O)[O-].[Cr+3]. The molecular weight excluding hydrogens is 671 g/mol. The van der Waals surface area contributed by atoms with Gasteiger partial charge in [-0.1, -0.05) is 79.7 Å². The van der Waals surface area contributed by atoms with Crippen LogP contribution in [0.5, 0.6) is 0 Å². The van der Waals surface area contributed by atoms with Crippen molar-refractivity contribution in [1.82, 2.24) is 9.80 Å². The molecule has 0 heterocycles. The molecule has 4 aromatic carbocycles. The Kier molecular flexibility index (Phi) is 16.7. The van der Waals surface area contributed by atoms with Crippen molar-refractivity contribution in [2.75, 3.05) is 39.3 Å². The molecule has 12 heteroatoms. The van der Waals surface area contributed by atoms with Crippen molar-refractivity contribution in [3.05, 3.63) is 121 Å². The first-order valence-corrected chi connectivity index (χ1v) is 16.7. The average Bonchev–Trinajstić information content (AvgIpc) is 3.05. The first-order chi connectivity index (χ1) is 22.6. The Balaban J connectivity index is 0.000000344. The van der Waals surface area contributed by atoms with Gasteiger partial charge in [0.2, 0.25) is 0 Å². The van der Waals surface area contributed by atoms with Crippen LogP contribution in [0.25, 0.3) is 0 Å². The number of aliphatic carboxylic acids is 4. The van der Waals surface area contributed by atoms with Crippen LogP contribution in [0.1, 0.15) is 12.5 Å². The summed E-state index contributed by atoms with van der Waals surface area (Å²) in [4.78, 5) is 43.4. The summed E-state index contributed by atoms with van der Waals surface area (Å²) < 4.78 is 0. The Morgan fingerprint density at radius 1 is 0.500 bits per heavy atom. The van der Waals surface area contributed by atoms with E-state index in [0.717, 1.165) is 16.2 Å². The first kappa shape index (κ1) is 39.8. The second kappa shape index (κ2) is 20.1. The topological polar surface area (TPSA) is 167 Å². The number of carbonyl (C=O) groups excluding carboxylic acids is 4. The first-order valence-electron chi connectivity index (χ1n) is 15.0. The van der Waals surface area contributed by atoms with Crippen molar-refractivity contribution in [2.45, 2.75) is 13.3 Å². The van der Waals surface area contributed by atoms with Crippen molar-refractivity contribution in [3.63, 3.8) is 0 Å². The van der Waals surface area contributed by atoms with Crippen molar-refractivity contribution in [3.8, 4) is 0 Å². The summed E-state index contributed by atoms with van der Waals surface area (Å²) in [6.45, 7) is -0.993. The number of benzene rings is 4. The fourth-order valence-electron chi connectivity index (χ4n) is 5.40. The minimum absolute atomic E-state index is 0. The Morgan fingerprint density at radius 3 is 1.08 bits per heavy atom. The molecule has 0 spiro atoms. The smallest absolute Gasteiger partial charge is 0.549 e. The zero-order chi connectivity index (χ0) is 34.2. The third-order valence-electron chi connectivity index (χ3n) is 7.31. The number of carbonyl (C=O) groups is 4. The van der Waals surface area contributed by atoms with Crippen LogP contribution in [0.2, 0.25) is 0 Å². The van der Waals surface area contributed by atoms with E-state index in [0.29, 0.717) is 0 Å². The molecule has 0 aliphatic rings. The third-order valence-corrected chi connectivity index (χ3v) is 11.7. The van der Waals surface area contributed by atoms with Crippen LogP contribution in [-0.2, 0) is 43.0 Å². The van der Waals surface area contributed by atoms with Gasteiger partial charge in [0.05, 0.1) is 23.9 Å². The fourth-order valence-corrected chi connectivity index (χ4v) is 9.96. The maximum absolute atomic E-state index is 10.4. The summed E-state index contributed by atoms with van der Waals surface area (Å²) in [5.74, 6) is -6.12. The zero-order valence-corrected chi connectivity index (χ0v) is 28.6. The maximum Gasteiger partial charge on any atom is 3.00 e. The Hall–Kier alpha value is -4.36. The molecule has 1 radical (unpaired) electrons. The van der Waals surface area contributed by atoms with Gasteiger partial charge in [-0.15, -0.1) is 0 Å². The quantitative estimate of drug-likeness (QED) is 0.113. The fraction of sp³-hybridized carbons (Fsp3) is 0.222. The van der Waals surface area contributed by atoms with Gasteiger partial charge in [-0.05, 0) is 54.4 Å². The van der Waals surface area contributed by atoms with Gasteiger partial charge in [-0.2, -0.15) is 0 Å². The summed E-state index contributed by atoms with van der Waals surface area (Å²) in [7, 11) is -1.96. The minimum atomic E-state index is -1.96. The van der Waals surface area contributed by atoms with Crippen LogP contribution < -0.4 is 41.6 Å². The maximum atomic E-state index is 10.4. The molecule has 10 nitrogen and oxygen atoms in total. The molecule has 0 aliphatic heterocycles. The summed E-state index contributed by atoms with van der Waals surface area (Å²) >= 11 is 0. The van der Waals surface area contributed by atoms with Gasteiger partial charge in [0.25, 0.3) is 0 Å². The van der Waals surface area contributed by atoms with Crippen molar-refractivity contribution < 1.29 is 57.0 Å². The van der Waals surface area contributed by atoms with Gasteiger partial charge in [0.15, 0.2) is 0 Å². The number of hydrogen-bond donors (Lipinski definition) is 0. The van der Waals surface area contributed by atoms with E-state index in [-0.39, 0.29) is 30.5 Å². The summed E-state index contributed by atoms with van der Waals surface area (Å²) in [5, 5.41) is 47.3. The van der Waals surface area contributed by atoms with Gasteiger partial charge < -0.3 is 39.6 Å². The molecule has 0 amide bonds. The second-order valence-corrected chi connectivity index (χ2v) is 13.9. The molecular formula is C36H36CrN2O8P. The van der Waals surface area contributed by atoms with Gasteiger partial charge in [-0.25, -0.2) is 0 Å². The molecule has 249 valence electrons. The standard InChI is InChI=1S/C26H24P.C10H16N2O8.Cr/c1-2-22-14-12-13-21-26(22)27(23-15-6-3-7-16-23,24-17-8-4-9-18-24)25-19-10-5-11-20-25;13-7(14)3-11(4-8(15)16)1-2-12(5-9(17)18)6-10(19)20;/h3-21H,2H2,1H3;1-6H2,(H,13,14)(H,15,16)(H,17,18)(H,19,20);/q+1;;+3/p-4. The van der Waals surface area contributed by atoms with Crippen LogP contribution >= 0.6 is 7.26 Å². The summed E-state index contributed by atoms with van der Waals surface area (Å²) in [5.41, 5.74) is 1.43. The van der Waals surface area contributed by atoms with Gasteiger partial charge in [0.1, 0.15) is 28.5 Å². The van der Waals surface area contributed by atoms with E-state index in [1.807, 2.05) is 0 Å². The van der Waals surface area contributed by atoms with E-state index in [1.54, 1.807) is 0 Å². The van der Waals surface area contributed by atoms with E-state index in [9.17, 15) is 39.6 Å². The van der Waals surface area contributed by atoms with Crippen LogP contribution in [-0.4, -0.2) is 72.9 Å². The number of aryl methyl sites for hydroxylation is 1. The number of hydrogen-bond acceptors (Lipinski definition) is 10. The van der Waals surface area contributed by atoms with Crippen LogP contribution in [0.4, 0.5) is 0 Å². The predicted octanol–water partition coefficient (Wildman–Crippen LogP) is -2.54. The molecule has 0 saturated heterocycles. The minimum Gasteiger partial charge on any atom is -0.549 e. The van der Waals surface area contributed by atoms with E-state index in [2.05, 4.69) is 122 Å². The molecule has 0 N–H and O–H groups in total. The van der Waals surface area contributed by atoms with Gasteiger partial charge in [0, 0.05) is 39.3 Å². The Labute approximate surface area is 291 Å². The molecule has 4 aromatic rings. The molecule has 4 rings (SSSR count). The zero-order valence-electron chi connectivity index (χ0n) is 26.4. The molecule has 0 atom stereocenters. The van der Waals surface area contributed by atoms with Crippen LogP contribution in [0, 0.1) is 0 Å². The Morgan fingerprint density at radius 2 is 0.792 bits per heavy atom. The predicted molar refractivity (Wildman–Crippen MR) is 174 cm³/mol. The van der Waals surface area contributed by atoms with E-state index in [4.69, 9.17) is 0 Å². The van der Waals surface area contributed by atoms with E-state index < -0.39 is 57.3 Å². The number of carboxylic acid groups (broad SMARTS) is 4. The molecule has 0 unspecified atom stereocenters. The number of rotatable bonds is 16. The molecule has 0 fully saturated rings. The van der Waals surface area contributed by atoms with Crippen LogP contribution in [0.15, 0.2) is 115 Å².